The fourth-order valence-electron chi connectivity index (χ4n) is 18.2. The Morgan fingerprint density at radius 3 is 2.39 bits per heavy atom. The summed E-state index contributed by atoms with van der Waals surface area (Å²) in [5.74, 6) is 4.63. The van der Waals surface area contributed by atoms with Gasteiger partial charge in [0.25, 0.3) is 0 Å². The van der Waals surface area contributed by atoms with Crippen molar-refractivity contribution in [2.75, 3.05) is 13.7 Å². The SMILES string of the molecule is CNCc1cc2ccccc2c2c1CCc1cc([C@@H]3CCC[C@](O)([C@H](Cc4ccccc4)C[C@@]4(N=C(N)N)Oc5ccc6c(c5)CC[C@@H](C)[C@@H]6C[C@@H](S(=O)(=O)[O-])[C@H]5C=C6C[C@H](C[C@H]7C[C@@H](CO)CC#Cc8cc(O)ccc8[C@@H]6O7)[C@@H]5c5ccc4cc5)C3)ccc1[C@@H](O)C2.[Na+]. The molecule has 4 aliphatic carbocycles. The van der Waals surface area contributed by atoms with Crippen LogP contribution in [0.2, 0.25) is 0 Å². The molecule has 0 unspecified atom stereocenters. The molecule has 5 heterocycles. The number of aliphatic hydroxyl groups excluding tert-OH is 2. The first-order chi connectivity index (χ1) is 44.9. The zero-order valence-electron chi connectivity index (χ0n) is 54.4. The van der Waals surface area contributed by atoms with Crippen LogP contribution in [0.3, 0.4) is 0 Å². The molecule has 7 aromatic carbocycles. The molecular weight excluding hydrogens is 1200 g/mol. The topological polar surface area (TPSA) is 233 Å². The summed E-state index contributed by atoms with van der Waals surface area (Å²) in [7, 11) is -2.99. The quantitative estimate of drug-likeness (QED) is 0.0160. The van der Waals surface area contributed by atoms with Crippen LogP contribution >= 0.6 is 0 Å². The number of rotatable bonds is 11. The number of guanidine groups is 1. The van der Waals surface area contributed by atoms with Crippen LogP contribution in [0.4, 0.5) is 0 Å². The maximum absolute atomic E-state index is 14.5. The second-order valence-corrected chi connectivity index (χ2v) is 30.0. The average Bonchev–Trinajstić information content (AvgIpc) is 1.36. The first kappa shape index (κ1) is 66.3. The van der Waals surface area contributed by atoms with Gasteiger partial charge in [-0.15, -0.1) is 0 Å². The third kappa shape index (κ3) is 13.2. The number of allylic oxidation sites excluding steroid dienone is 1. The Kier molecular flexibility index (Phi) is 19.3. The van der Waals surface area contributed by atoms with Crippen molar-refractivity contribution in [2.24, 2.45) is 46.0 Å². The molecule has 1 saturated carbocycles. The Hall–Kier alpha value is -6.32. The minimum Gasteiger partial charge on any atom is -0.748 e. The van der Waals surface area contributed by atoms with Gasteiger partial charge in [-0.2, -0.15) is 0 Å². The van der Waals surface area contributed by atoms with E-state index in [4.69, 9.17) is 25.9 Å². The van der Waals surface area contributed by atoms with E-state index in [0.717, 1.165) is 88.7 Å². The molecule has 0 aromatic heterocycles. The van der Waals surface area contributed by atoms with Crippen LogP contribution in [-0.2, 0) is 59.2 Å². The number of aliphatic hydroxyl groups is 3. The van der Waals surface area contributed by atoms with Crippen LogP contribution in [0.15, 0.2) is 156 Å². The van der Waals surface area contributed by atoms with Gasteiger partial charge in [-0.1, -0.05) is 134 Å². The number of nitrogens with one attached hydrogen (secondary N) is 1. The monoisotopic (exact) mass is 1290 g/mol. The van der Waals surface area contributed by atoms with Crippen LogP contribution in [0.25, 0.3) is 10.8 Å². The Balaban J connectivity index is 0.00000803. The molecule has 5 aliphatic heterocycles. The van der Waals surface area contributed by atoms with Crippen LogP contribution in [0.1, 0.15) is 180 Å². The molecule has 0 spiro atoms. The maximum Gasteiger partial charge on any atom is 1.00 e. The molecule has 9 N–H and O–H groups in total. The van der Waals surface area contributed by atoms with E-state index in [1.54, 1.807) is 12.1 Å². The molecule has 14 atom stereocenters. The summed E-state index contributed by atoms with van der Waals surface area (Å²) in [5, 5.41) is 52.1. The van der Waals surface area contributed by atoms with E-state index in [9.17, 15) is 33.4 Å². The molecule has 484 valence electrons. The van der Waals surface area contributed by atoms with E-state index >= 15 is 0 Å². The fraction of sp³-hybridized carbons (Fsp3) is 0.430. The van der Waals surface area contributed by atoms with Gasteiger partial charge in [-0.3, -0.25) is 0 Å². The van der Waals surface area contributed by atoms with E-state index in [-0.39, 0.29) is 96.4 Å². The van der Waals surface area contributed by atoms with Crippen molar-refractivity contribution in [3.63, 3.8) is 0 Å². The van der Waals surface area contributed by atoms with Gasteiger partial charge in [0.05, 0.1) is 33.2 Å². The zero-order valence-corrected chi connectivity index (χ0v) is 57.2. The number of aryl methyl sites for hydroxylation is 2. The predicted molar refractivity (Wildman–Crippen MR) is 362 cm³/mol. The maximum atomic E-state index is 14.5. The number of aromatic hydroxyl groups is 1. The second-order valence-electron chi connectivity index (χ2n) is 28.4. The van der Waals surface area contributed by atoms with Crippen molar-refractivity contribution in [3.8, 4) is 23.3 Å². The van der Waals surface area contributed by atoms with Crippen molar-refractivity contribution < 1.29 is 72.4 Å². The van der Waals surface area contributed by atoms with Gasteiger partial charge in [0.15, 0.2) is 5.96 Å². The summed E-state index contributed by atoms with van der Waals surface area (Å²) in [5.41, 5.74) is 24.3. The predicted octanol–water partition coefficient (Wildman–Crippen LogP) is 9.40. The van der Waals surface area contributed by atoms with Gasteiger partial charge >= 0.3 is 29.6 Å². The average molecular weight is 1290 g/mol. The zero-order chi connectivity index (χ0) is 64.3. The number of phenolic OH excluding ortho intramolecular Hbond substituents is 1. The molecule has 0 radical (unpaired) electrons. The van der Waals surface area contributed by atoms with Crippen LogP contribution in [0.5, 0.6) is 11.5 Å². The van der Waals surface area contributed by atoms with Crippen molar-refractivity contribution in [1.82, 2.24) is 5.32 Å². The number of phenols is 1. The minimum atomic E-state index is -4.97. The van der Waals surface area contributed by atoms with Gasteiger partial charge in [0, 0.05) is 49.1 Å². The molecule has 10 bridgehead atoms. The summed E-state index contributed by atoms with van der Waals surface area (Å²) in [6.07, 6.45) is 9.42. The van der Waals surface area contributed by atoms with Gasteiger partial charge in [0.2, 0.25) is 5.72 Å². The normalized spacial score (nSPS) is 29.0. The molecule has 16 rings (SSSR count). The number of hydrogen-bond acceptors (Lipinski definition) is 11. The molecule has 94 heavy (non-hydrogen) atoms. The number of nitrogens with two attached hydrogens (primary N) is 2. The van der Waals surface area contributed by atoms with Gasteiger partial charge in [-0.05, 0) is 240 Å². The molecule has 15 heteroatoms. The molecule has 1 saturated heterocycles. The molecule has 9 aliphatic rings. The minimum absolute atomic E-state index is 0. The third-order valence-electron chi connectivity index (χ3n) is 22.7. The molecule has 7 aromatic rings. The van der Waals surface area contributed by atoms with Crippen molar-refractivity contribution in [1.29, 1.82) is 0 Å². The summed E-state index contributed by atoms with van der Waals surface area (Å²) >= 11 is 0. The van der Waals surface area contributed by atoms with Crippen LogP contribution in [0, 0.1) is 41.4 Å². The van der Waals surface area contributed by atoms with Crippen molar-refractivity contribution in [3.05, 3.63) is 224 Å². The second kappa shape index (κ2) is 27.3. The van der Waals surface area contributed by atoms with E-state index in [1.165, 1.54) is 27.5 Å². The number of aliphatic imine (C=N–C) groups is 1. The molecule has 13 nitrogen and oxygen atoms in total. The Bertz CT molecular complexity index is 4200. The number of fused-ring (bicyclic) bond motifs is 12. The standard InChI is InChI=1S/C79H88N4O9S.Na/c1-47-17-18-55-38-63-26-30-66(55)70(47)42-74(93(88,89)90)72-40-58-36-57(39-64-33-49(46-84)12-8-14-53-37-62(85)25-29-69(53)76(58)91-64)75(72)50-19-23-60(24-20-50)79(92-63,83-77(80)81)44-61(32-48-10-4-3-5-11-48)78(87)31-9-15-56(43-78)51-21-28-68-54(34-51)22-27-67-59(45-82-2)35-52-13-6-7-16-65(52)71(67)41-73(68)86;/h3-7,10-11,13,16,19-21,23-26,28-30,34-35,37-38,40,47,49,56-57,61,64,70,72-76,82,84-87H,9,12,15,17-18,22,27,31-33,36,39,41-46H2,1-2H3,(H4,80,81,83)(H,88,89,90);/q;+1/p-1/t47-,49+,56-,57-,61-,64-,70+,72-,73+,74-,75+,76-,78-,79-;/m1./s1. The fourth-order valence-corrected chi connectivity index (χ4v) is 19.3. The molecule has 2 fully saturated rings. The number of benzene rings is 7. The summed E-state index contributed by atoms with van der Waals surface area (Å²) in [6, 6.07) is 46.9. The van der Waals surface area contributed by atoms with Crippen LogP contribution in [-0.4, -0.2) is 70.0 Å². The smallest absolute Gasteiger partial charge is 0.748 e. The summed E-state index contributed by atoms with van der Waals surface area (Å²) in [6.45, 7) is 2.80. The summed E-state index contributed by atoms with van der Waals surface area (Å²) in [4.78, 5) is 5.22. The van der Waals surface area contributed by atoms with E-state index < -0.39 is 56.7 Å². The summed E-state index contributed by atoms with van der Waals surface area (Å²) < 4.78 is 58.1. The number of ether oxygens (including phenoxy) is 2. The largest absolute Gasteiger partial charge is 1.00 e. The Morgan fingerprint density at radius 2 is 1.61 bits per heavy atom. The van der Waals surface area contributed by atoms with E-state index in [0.29, 0.717) is 74.7 Å². The van der Waals surface area contributed by atoms with Crippen molar-refractivity contribution >= 4 is 26.9 Å². The van der Waals surface area contributed by atoms with E-state index in [2.05, 4.69) is 84.7 Å². The number of nitrogens with zero attached hydrogens (tertiary/aromatic N) is 1. The Morgan fingerprint density at radius 1 is 0.840 bits per heavy atom. The van der Waals surface area contributed by atoms with Gasteiger partial charge in [0.1, 0.15) is 17.6 Å². The Labute approximate surface area is 575 Å². The van der Waals surface area contributed by atoms with Crippen LogP contribution < -0.4 is 51.1 Å². The first-order valence-corrected chi connectivity index (χ1v) is 35.4. The first-order valence-electron chi connectivity index (χ1n) is 33.9. The number of hydrogen-bond donors (Lipinski definition) is 7. The molecular formula is C79H87N4NaO9S. The van der Waals surface area contributed by atoms with Gasteiger partial charge < -0.3 is 51.2 Å². The van der Waals surface area contributed by atoms with Crippen molar-refractivity contribution in [2.45, 2.75) is 169 Å². The van der Waals surface area contributed by atoms with Gasteiger partial charge in [-0.25, -0.2) is 13.4 Å². The molecule has 0 amide bonds. The van der Waals surface area contributed by atoms with E-state index in [1.807, 2.05) is 79.9 Å². The third-order valence-corrected chi connectivity index (χ3v) is 23.9.